The van der Waals surface area contributed by atoms with Gasteiger partial charge >= 0.3 is 12.1 Å². The molecular weight excluding hydrogens is 469 g/mol. The third kappa shape index (κ3) is 6.89. The van der Waals surface area contributed by atoms with Crippen molar-refractivity contribution in [1.82, 2.24) is 0 Å². The van der Waals surface area contributed by atoms with Gasteiger partial charge < -0.3 is 29.2 Å². The Morgan fingerprint density at radius 3 is 2.54 bits per heavy atom. The van der Waals surface area contributed by atoms with Gasteiger partial charge in [0.25, 0.3) is 5.91 Å². The number of esters is 1. The number of rotatable bonds is 9. The smallest absolute Gasteiger partial charge is 0.416 e. The van der Waals surface area contributed by atoms with Gasteiger partial charge in [-0.05, 0) is 36.4 Å². The van der Waals surface area contributed by atoms with E-state index >= 15 is 0 Å². The molecule has 0 aromatic heterocycles. The highest BCUT2D eigenvalue weighted by molar-refractivity contribution is 5.98. The second-order valence-corrected chi connectivity index (χ2v) is 7.42. The van der Waals surface area contributed by atoms with E-state index in [1.165, 1.54) is 31.4 Å². The quantitative estimate of drug-likeness (QED) is 0.418. The molecule has 0 spiro atoms. The molecule has 0 unspecified atom stereocenters. The van der Waals surface area contributed by atoms with Crippen LogP contribution in [-0.4, -0.2) is 58.5 Å². The topological polar surface area (TPSA) is 86.3 Å². The van der Waals surface area contributed by atoms with E-state index in [1.54, 1.807) is 6.08 Å². The Morgan fingerprint density at radius 2 is 1.89 bits per heavy atom. The van der Waals surface area contributed by atoms with Crippen LogP contribution in [0.1, 0.15) is 15.9 Å². The Morgan fingerprint density at radius 1 is 1.14 bits per heavy atom. The maximum atomic E-state index is 13.2. The van der Waals surface area contributed by atoms with Crippen LogP contribution in [-0.2, 0) is 20.4 Å². The number of hydrogen-bond donors (Lipinski definition) is 1. The number of hydrogen-bond acceptors (Lipinski definition) is 7. The maximum absolute atomic E-state index is 13.2. The van der Waals surface area contributed by atoms with Crippen molar-refractivity contribution in [2.75, 3.05) is 56.8 Å². The SMILES string of the molecule is C=CCOc1ccc(C(=O)OCC(=O)Nc2cc(C(F)(F)F)ccc2N2CCOCC2)cc1OC. The number of benzene rings is 2. The van der Waals surface area contributed by atoms with Crippen molar-refractivity contribution in [3.05, 3.63) is 60.2 Å². The van der Waals surface area contributed by atoms with Crippen LogP contribution in [0.5, 0.6) is 11.5 Å². The average Bonchev–Trinajstić information content (AvgIpc) is 2.85. The number of morpholine rings is 1. The third-order valence-corrected chi connectivity index (χ3v) is 5.04. The van der Waals surface area contributed by atoms with Crippen molar-refractivity contribution in [2.24, 2.45) is 0 Å². The Bertz CT molecular complexity index is 1070. The fourth-order valence-corrected chi connectivity index (χ4v) is 3.36. The lowest BCUT2D eigenvalue weighted by Crippen LogP contribution is -2.37. The predicted molar refractivity (Wildman–Crippen MR) is 122 cm³/mol. The summed E-state index contributed by atoms with van der Waals surface area (Å²) < 4.78 is 60.7. The molecule has 0 atom stereocenters. The lowest BCUT2D eigenvalue weighted by atomic mass is 10.1. The fraction of sp³-hybridized carbons (Fsp3) is 0.333. The number of alkyl halides is 3. The molecule has 0 radical (unpaired) electrons. The highest BCUT2D eigenvalue weighted by Crippen LogP contribution is 2.36. The number of anilines is 2. The molecule has 1 aliphatic rings. The number of nitrogens with one attached hydrogen (secondary N) is 1. The van der Waals surface area contributed by atoms with Gasteiger partial charge in [0.15, 0.2) is 18.1 Å². The van der Waals surface area contributed by atoms with Crippen LogP contribution in [0.3, 0.4) is 0 Å². The van der Waals surface area contributed by atoms with E-state index < -0.39 is 30.2 Å². The summed E-state index contributed by atoms with van der Waals surface area (Å²) >= 11 is 0. The van der Waals surface area contributed by atoms with Gasteiger partial charge in [-0.2, -0.15) is 13.2 Å². The highest BCUT2D eigenvalue weighted by atomic mass is 19.4. The Labute approximate surface area is 200 Å². The van der Waals surface area contributed by atoms with Gasteiger partial charge in [0.1, 0.15) is 6.61 Å². The molecule has 1 amide bonds. The lowest BCUT2D eigenvalue weighted by molar-refractivity contribution is -0.137. The zero-order chi connectivity index (χ0) is 25.4. The molecule has 0 saturated carbocycles. The molecule has 3 rings (SSSR count). The Balaban J connectivity index is 1.69. The molecule has 1 fully saturated rings. The van der Waals surface area contributed by atoms with E-state index in [-0.39, 0.29) is 23.6 Å². The molecule has 35 heavy (non-hydrogen) atoms. The first kappa shape index (κ1) is 25.9. The summed E-state index contributed by atoms with van der Waals surface area (Å²) in [7, 11) is 1.40. The zero-order valence-electron chi connectivity index (χ0n) is 19.0. The molecule has 2 aromatic rings. The Kier molecular flexibility index (Phi) is 8.58. The number of amides is 1. The van der Waals surface area contributed by atoms with Gasteiger partial charge in [0.2, 0.25) is 0 Å². The summed E-state index contributed by atoms with van der Waals surface area (Å²) in [4.78, 5) is 26.7. The minimum Gasteiger partial charge on any atom is -0.493 e. The van der Waals surface area contributed by atoms with Crippen LogP contribution in [0.25, 0.3) is 0 Å². The minimum absolute atomic E-state index is 0.0341. The third-order valence-electron chi connectivity index (χ3n) is 5.04. The molecule has 0 aliphatic carbocycles. The first-order valence-corrected chi connectivity index (χ1v) is 10.7. The largest absolute Gasteiger partial charge is 0.493 e. The molecule has 8 nitrogen and oxygen atoms in total. The monoisotopic (exact) mass is 494 g/mol. The van der Waals surface area contributed by atoms with Crippen LogP contribution in [0.4, 0.5) is 24.5 Å². The first-order valence-electron chi connectivity index (χ1n) is 10.7. The number of halogens is 3. The number of nitrogens with zero attached hydrogens (tertiary/aromatic N) is 1. The molecule has 188 valence electrons. The van der Waals surface area contributed by atoms with Crippen LogP contribution >= 0.6 is 0 Å². The van der Waals surface area contributed by atoms with Gasteiger partial charge in [-0.3, -0.25) is 4.79 Å². The minimum atomic E-state index is -4.59. The fourth-order valence-electron chi connectivity index (χ4n) is 3.36. The van der Waals surface area contributed by atoms with Crippen molar-refractivity contribution in [3.8, 4) is 11.5 Å². The van der Waals surface area contributed by atoms with Crippen molar-refractivity contribution in [1.29, 1.82) is 0 Å². The van der Waals surface area contributed by atoms with Crippen molar-refractivity contribution >= 4 is 23.3 Å². The maximum Gasteiger partial charge on any atom is 0.416 e. The summed E-state index contributed by atoms with van der Waals surface area (Å²) in [5.41, 5.74) is -0.421. The van der Waals surface area contributed by atoms with Gasteiger partial charge in [0, 0.05) is 13.1 Å². The van der Waals surface area contributed by atoms with E-state index in [1.807, 2.05) is 4.90 Å². The van der Waals surface area contributed by atoms with Gasteiger partial charge in [-0.15, -0.1) is 0 Å². The van der Waals surface area contributed by atoms with Crippen LogP contribution in [0.2, 0.25) is 0 Å². The average molecular weight is 494 g/mol. The molecule has 1 heterocycles. The highest BCUT2D eigenvalue weighted by Gasteiger charge is 2.32. The second kappa shape index (κ2) is 11.6. The van der Waals surface area contributed by atoms with Crippen LogP contribution in [0.15, 0.2) is 49.1 Å². The first-order chi connectivity index (χ1) is 16.7. The molecule has 1 aliphatic heterocycles. The number of carbonyl (C=O) groups excluding carboxylic acids is 2. The summed E-state index contributed by atoms with van der Waals surface area (Å²) in [5, 5.41) is 2.43. The molecule has 2 aromatic carbocycles. The van der Waals surface area contributed by atoms with Crippen molar-refractivity contribution in [2.45, 2.75) is 6.18 Å². The normalized spacial score (nSPS) is 13.7. The molecule has 1 N–H and O–H groups in total. The van der Waals surface area contributed by atoms with Crippen molar-refractivity contribution < 1.29 is 41.7 Å². The zero-order valence-corrected chi connectivity index (χ0v) is 19.0. The summed E-state index contributed by atoms with van der Waals surface area (Å²) in [6.45, 7) is 4.82. The van der Waals surface area contributed by atoms with E-state index in [0.29, 0.717) is 37.7 Å². The number of methoxy groups -OCH3 is 1. The van der Waals surface area contributed by atoms with Crippen molar-refractivity contribution in [3.63, 3.8) is 0 Å². The van der Waals surface area contributed by atoms with Gasteiger partial charge in [0.05, 0.1) is 42.8 Å². The molecular formula is C24H25F3N2O6. The Hall–Kier alpha value is -3.73. The van der Waals surface area contributed by atoms with Gasteiger partial charge in [-0.1, -0.05) is 12.7 Å². The number of ether oxygens (including phenoxy) is 4. The lowest BCUT2D eigenvalue weighted by Gasteiger charge is -2.31. The number of carbonyl (C=O) groups is 2. The standard InChI is InChI=1S/C24H25F3N2O6/c1-3-10-34-20-7-4-16(13-21(20)32-2)23(31)35-15-22(30)28-18-14-17(24(25,26)27)5-6-19(18)29-8-11-33-12-9-29/h3-7,13-14H,1,8-12,15H2,2H3,(H,28,30). The van der Waals surface area contributed by atoms with E-state index in [9.17, 15) is 22.8 Å². The van der Waals surface area contributed by atoms with Crippen LogP contribution < -0.4 is 19.7 Å². The molecule has 11 heteroatoms. The predicted octanol–water partition coefficient (Wildman–Crippen LogP) is 3.91. The second-order valence-electron chi connectivity index (χ2n) is 7.42. The molecule has 0 bridgehead atoms. The van der Waals surface area contributed by atoms with E-state index in [4.69, 9.17) is 18.9 Å². The van der Waals surface area contributed by atoms with E-state index in [0.717, 1.165) is 12.1 Å². The summed E-state index contributed by atoms with van der Waals surface area (Å²) in [5.74, 6) is -0.928. The molecule has 1 saturated heterocycles. The van der Waals surface area contributed by atoms with E-state index in [2.05, 4.69) is 11.9 Å². The van der Waals surface area contributed by atoms with Gasteiger partial charge in [-0.25, -0.2) is 4.79 Å². The van der Waals surface area contributed by atoms with Crippen LogP contribution in [0, 0.1) is 0 Å². The summed E-state index contributed by atoms with van der Waals surface area (Å²) in [6, 6.07) is 7.45. The summed E-state index contributed by atoms with van der Waals surface area (Å²) in [6.07, 6.45) is -3.04.